The fourth-order valence-electron chi connectivity index (χ4n) is 3.14. The van der Waals surface area contributed by atoms with Gasteiger partial charge in [-0.3, -0.25) is 14.5 Å². The van der Waals surface area contributed by atoms with Crippen LogP contribution in [-0.2, 0) is 9.59 Å². The molecule has 1 fully saturated rings. The van der Waals surface area contributed by atoms with Crippen LogP contribution in [0.15, 0.2) is 41.8 Å². The van der Waals surface area contributed by atoms with Gasteiger partial charge >= 0.3 is 0 Å². The first-order chi connectivity index (χ1) is 12.1. The summed E-state index contributed by atoms with van der Waals surface area (Å²) in [4.78, 5) is 26.9. The Morgan fingerprint density at radius 2 is 1.72 bits per heavy atom. The maximum atomic E-state index is 12.2. The zero-order valence-electron chi connectivity index (χ0n) is 14.3. The summed E-state index contributed by atoms with van der Waals surface area (Å²) in [5, 5.41) is 7.76. The zero-order valence-corrected chi connectivity index (χ0v) is 15.1. The van der Waals surface area contributed by atoms with Gasteiger partial charge in [-0.05, 0) is 67.6 Å². The number of benzene rings is 1. The lowest BCUT2D eigenvalue weighted by Crippen LogP contribution is -2.38. The third kappa shape index (κ3) is 5.14. The normalized spacial score (nSPS) is 15.7. The van der Waals surface area contributed by atoms with E-state index in [0.29, 0.717) is 12.5 Å². The Bertz CT molecular complexity index is 705. The van der Waals surface area contributed by atoms with Crippen LogP contribution in [0.3, 0.4) is 0 Å². The van der Waals surface area contributed by atoms with E-state index in [9.17, 15) is 9.59 Å². The Hall–Kier alpha value is -2.18. The van der Waals surface area contributed by atoms with Gasteiger partial charge in [0, 0.05) is 23.2 Å². The number of carbonyl (C=O) groups is 2. The molecule has 25 heavy (non-hydrogen) atoms. The molecule has 0 atom stereocenters. The molecule has 1 aromatic heterocycles. The highest BCUT2D eigenvalue weighted by Crippen LogP contribution is 2.30. The first kappa shape index (κ1) is 17.6. The highest BCUT2D eigenvalue weighted by molar-refractivity contribution is 7.10. The SMILES string of the molecule is CC(=O)Nc1ccc(NC(=O)CN2CCC(c3cccs3)CC2)cc1. The van der Waals surface area contributed by atoms with Crippen molar-refractivity contribution in [1.29, 1.82) is 0 Å². The lowest BCUT2D eigenvalue weighted by molar-refractivity contribution is -0.117. The van der Waals surface area contributed by atoms with E-state index in [2.05, 4.69) is 33.0 Å². The highest BCUT2D eigenvalue weighted by atomic mass is 32.1. The van der Waals surface area contributed by atoms with Gasteiger partial charge in [-0.15, -0.1) is 11.3 Å². The van der Waals surface area contributed by atoms with Gasteiger partial charge in [-0.25, -0.2) is 0 Å². The van der Waals surface area contributed by atoms with Gasteiger partial charge in [-0.1, -0.05) is 6.07 Å². The number of anilines is 2. The van der Waals surface area contributed by atoms with Crippen LogP contribution in [0.4, 0.5) is 11.4 Å². The molecule has 6 heteroatoms. The molecule has 0 spiro atoms. The average molecular weight is 357 g/mol. The summed E-state index contributed by atoms with van der Waals surface area (Å²) < 4.78 is 0. The number of thiophene rings is 1. The van der Waals surface area contributed by atoms with Gasteiger partial charge in [0.2, 0.25) is 11.8 Å². The number of nitrogens with one attached hydrogen (secondary N) is 2. The predicted octanol–water partition coefficient (Wildman–Crippen LogP) is 3.52. The number of hydrogen-bond acceptors (Lipinski definition) is 4. The molecule has 1 saturated heterocycles. The minimum atomic E-state index is -0.109. The third-order valence-electron chi connectivity index (χ3n) is 4.39. The molecule has 132 valence electrons. The number of piperidine rings is 1. The van der Waals surface area contributed by atoms with E-state index in [1.807, 2.05) is 11.3 Å². The molecule has 0 unspecified atom stereocenters. The molecule has 2 amide bonds. The van der Waals surface area contributed by atoms with Gasteiger partial charge in [-0.2, -0.15) is 0 Å². The summed E-state index contributed by atoms with van der Waals surface area (Å²) in [6.45, 7) is 3.80. The van der Waals surface area contributed by atoms with Crippen molar-refractivity contribution in [3.8, 4) is 0 Å². The summed E-state index contributed by atoms with van der Waals surface area (Å²) in [5.41, 5.74) is 1.47. The van der Waals surface area contributed by atoms with E-state index in [1.165, 1.54) is 11.8 Å². The summed E-state index contributed by atoms with van der Waals surface area (Å²) in [5.74, 6) is 0.533. The van der Waals surface area contributed by atoms with E-state index < -0.39 is 0 Å². The molecule has 2 aromatic rings. The van der Waals surface area contributed by atoms with E-state index >= 15 is 0 Å². The van der Waals surface area contributed by atoms with Crippen LogP contribution in [0.25, 0.3) is 0 Å². The van der Waals surface area contributed by atoms with Gasteiger partial charge < -0.3 is 10.6 Å². The molecule has 2 N–H and O–H groups in total. The second-order valence-electron chi connectivity index (χ2n) is 6.37. The van der Waals surface area contributed by atoms with E-state index in [1.54, 1.807) is 24.3 Å². The summed E-state index contributed by atoms with van der Waals surface area (Å²) in [6.07, 6.45) is 2.22. The highest BCUT2D eigenvalue weighted by Gasteiger charge is 2.22. The van der Waals surface area contributed by atoms with Crippen LogP contribution in [0.1, 0.15) is 30.6 Å². The largest absolute Gasteiger partial charge is 0.326 e. The standard InChI is InChI=1S/C19H23N3O2S/c1-14(23)20-16-4-6-17(7-5-16)21-19(24)13-22-10-8-15(9-11-22)18-3-2-12-25-18/h2-7,12,15H,8-11,13H2,1H3,(H,20,23)(H,21,24). The Labute approximate surface area is 152 Å². The molecular weight excluding hydrogens is 334 g/mol. The van der Waals surface area contributed by atoms with Crippen LogP contribution in [0.5, 0.6) is 0 Å². The van der Waals surface area contributed by atoms with Crippen molar-refractivity contribution < 1.29 is 9.59 Å². The quantitative estimate of drug-likeness (QED) is 0.861. The van der Waals surface area contributed by atoms with Crippen LogP contribution in [0.2, 0.25) is 0 Å². The van der Waals surface area contributed by atoms with Crippen molar-refractivity contribution in [2.24, 2.45) is 0 Å². The lowest BCUT2D eigenvalue weighted by atomic mass is 9.95. The Morgan fingerprint density at radius 1 is 1.08 bits per heavy atom. The molecule has 5 nitrogen and oxygen atoms in total. The second-order valence-corrected chi connectivity index (χ2v) is 7.35. The Balaban J connectivity index is 1.44. The number of amides is 2. The molecule has 0 aliphatic carbocycles. The monoisotopic (exact) mass is 357 g/mol. The summed E-state index contributed by atoms with van der Waals surface area (Å²) in [6, 6.07) is 11.5. The third-order valence-corrected chi connectivity index (χ3v) is 5.42. The number of nitrogens with zero attached hydrogens (tertiary/aromatic N) is 1. The molecular formula is C19H23N3O2S. The summed E-state index contributed by atoms with van der Waals surface area (Å²) in [7, 11) is 0. The molecule has 3 rings (SSSR count). The van der Waals surface area contributed by atoms with Crippen molar-refractivity contribution in [2.45, 2.75) is 25.7 Å². The molecule has 0 bridgehead atoms. The van der Waals surface area contributed by atoms with Crippen molar-refractivity contribution in [2.75, 3.05) is 30.3 Å². The van der Waals surface area contributed by atoms with Crippen molar-refractivity contribution in [1.82, 2.24) is 4.90 Å². The van der Waals surface area contributed by atoms with E-state index in [4.69, 9.17) is 0 Å². The minimum Gasteiger partial charge on any atom is -0.326 e. The maximum Gasteiger partial charge on any atom is 0.238 e. The fraction of sp³-hybridized carbons (Fsp3) is 0.368. The first-order valence-corrected chi connectivity index (χ1v) is 9.41. The topological polar surface area (TPSA) is 61.4 Å². The molecule has 0 radical (unpaired) electrons. The van der Waals surface area contributed by atoms with Gasteiger partial charge in [0.25, 0.3) is 0 Å². The van der Waals surface area contributed by atoms with Crippen molar-refractivity contribution in [3.63, 3.8) is 0 Å². The number of likely N-dealkylation sites (tertiary alicyclic amines) is 1. The van der Waals surface area contributed by atoms with Crippen LogP contribution >= 0.6 is 11.3 Å². The number of rotatable bonds is 5. The zero-order chi connectivity index (χ0) is 17.6. The summed E-state index contributed by atoms with van der Waals surface area (Å²) >= 11 is 1.83. The minimum absolute atomic E-state index is 0.00171. The second kappa shape index (κ2) is 8.27. The van der Waals surface area contributed by atoms with E-state index in [0.717, 1.165) is 37.3 Å². The van der Waals surface area contributed by atoms with Crippen LogP contribution in [-0.4, -0.2) is 36.3 Å². The fourth-order valence-corrected chi connectivity index (χ4v) is 4.04. The smallest absolute Gasteiger partial charge is 0.238 e. The van der Waals surface area contributed by atoms with Gasteiger partial charge in [0.15, 0.2) is 0 Å². The van der Waals surface area contributed by atoms with E-state index in [-0.39, 0.29) is 11.8 Å². The lowest BCUT2D eigenvalue weighted by Gasteiger charge is -2.30. The van der Waals surface area contributed by atoms with Crippen molar-refractivity contribution >= 4 is 34.5 Å². The van der Waals surface area contributed by atoms with Crippen LogP contribution in [0, 0.1) is 0 Å². The maximum absolute atomic E-state index is 12.2. The number of hydrogen-bond donors (Lipinski definition) is 2. The molecule has 1 aliphatic heterocycles. The Kier molecular flexibility index (Phi) is 5.83. The molecule has 1 aliphatic rings. The molecule has 0 saturated carbocycles. The average Bonchev–Trinajstić information content (AvgIpc) is 3.11. The Morgan fingerprint density at radius 3 is 2.28 bits per heavy atom. The van der Waals surface area contributed by atoms with Gasteiger partial charge in [0.1, 0.15) is 0 Å². The van der Waals surface area contributed by atoms with Gasteiger partial charge in [0.05, 0.1) is 6.54 Å². The molecule has 1 aromatic carbocycles. The molecule has 2 heterocycles. The van der Waals surface area contributed by atoms with Crippen molar-refractivity contribution in [3.05, 3.63) is 46.7 Å². The van der Waals surface area contributed by atoms with Crippen LogP contribution < -0.4 is 10.6 Å². The number of carbonyl (C=O) groups excluding carboxylic acids is 2. The predicted molar refractivity (Wildman–Crippen MR) is 102 cm³/mol. The first-order valence-electron chi connectivity index (χ1n) is 8.53.